The van der Waals surface area contributed by atoms with Gasteiger partial charge in [-0.1, -0.05) is 60.8 Å². The molecule has 6 atom stereocenters. The van der Waals surface area contributed by atoms with Gasteiger partial charge in [0.25, 0.3) is 0 Å². The van der Waals surface area contributed by atoms with Crippen molar-refractivity contribution >= 4 is 0 Å². The summed E-state index contributed by atoms with van der Waals surface area (Å²) >= 11 is 0. The van der Waals surface area contributed by atoms with E-state index in [1.807, 2.05) is 0 Å². The Hall–Kier alpha value is -0.0400. The number of rotatable bonds is 9. The van der Waals surface area contributed by atoms with Crippen LogP contribution in [0, 0.1) is 29.6 Å². The van der Waals surface area contributed by atoms with Crippen molar-refractivity contribution in [2.45, 2.75) is 73.8 Å². The van der Waals surface area contributed by atoms with Crippen LogP contribution in [0.15, 0.2) is 0 Å². The summed E-state index contributed by atoms with van der Waals surface area (Å²) in [5.74, 6) is 4.17. The standard InChI is InChI=1S/C17H37N/c1-9-12(4)16(10-2)17(11-3)14(6)13(5)15(7)18-8/h12-18H,9-11H2,1-8H3. The van der Waals surface area contributed by atoms with Crippen LogP contribution in [0.3, 0.4) is 0 Å². The molecule has 0 aromatic heterocycles. The van der Waals surface area contributed by atoms with Crippen molar-refractivity contribution < 1.29 is 0 Å². The van der Waals surface area contributed by atoms with E-state index >= 15 is 0 Å². The summed E-state index contributed by atoms with van der Waals surface area (Å²) in [5.41, 5.74) is 0. The van der Waals surface area contributed by atoms with Crippen molar-refractivity contribution in [2.75, 3.05) is 7.05 Å². The van der Waals surface area contributed by atoms with Crippen molar-refractivity contribution in [3.63, 3.8) is 0 Å². The zero-order valence-corrected chi connectivity index (χ0v) is 14.1. The van der Waals surface area contributed by atoms with Gasteiger partial charge in [-0.2, -0.15) is 0 Å². The minimum atomic E-state index is 0.614. The molecule has 0 fully saturated rings. The smallest absolute Gasteiger partial charge is 0.00640 e. The molecule has 0 radical (unpaired) electrons. The normalized spacial score (nSPS) is 22.0. The van der Waals surface area contributed by atoms with Gasteiger partial charge in [-0.25, -0.2) is 0 Å². The lowest BCUT2D eigenvalue weighted by Crippen LogP contribution is -2.38. The van der Waals surface area contributed by atoms with Crippen LogP contribution in [0.25, 0.3) is 0 Å². The molecule has 110 valence electrons. The van der Waals surface area contributed by atoms with Crippen LogP contribution >= 0.6 is 0 Å². The Balaban J connectivity index is 4.82. The Morgan fingerprint density at radius 2 is 1.22 bits per heavy atom. The molecule has 0 aliphatic carbocycles. The highest BCUT2D eigenvalue weighted by molar-refractivity contribution is 4.82. The zero-order chi connectivity index (χ0) is 14.3. The molecule has 0 spiro atoms. The van der Waals surface area contributed by atoms with Crippen molar-refractivity contribution in [2.24, 2.45) is 29.6 Å². The van der Waals surface area contributed by atoms with Crippen LogP contribution in [0.4, 0.5) is 0 Å². The summed E-state index contributed by atoms with van der Waals surface area (Å²) in [7, 11) is 2.08. The van der Waals surface area contributed by atoms with Crippen LogP contribution < -0.4 is 5.32 Å². The molecule has 18 heavy (non-hydrogen) atoms. The second-order valence-electron chi connectivity index (χ2n) is 6.33. The van der Waals surface area contributed by atoms with E-state index < -0.39 is 0 Å². The number of nitrogens with one attached hydrogen (secondary N) is 1. The monoisotopic (exact) mass is 255 g/mol. The molecular weight excluding hydrogens is 218 g/mol. The summed E-state index contributed by atoms with van der Waals surface area (Å²) in [6.45, 7) is 16.7. The average Bonchev–Trinajstić information content (AvgIpc) is 2.41. The highest BCUT2D eigenvalue weighted by Crippen LogP contribution is 2.37. The lowest BCUT2D eigenvalue weighted by atomic mass is 9.68. The van der Waals surface area contributed by atoms with Gasteiger partial charge in [0.1, 0.15) is 0 Å². The minimum absolute atomic E-state index is 0.614. The summed E-state index contributed by atoms with van der Waals surface area (Å²) in [6, 6.07) is 0.614. The lowest BCUT2D eigenvalue weighted by molar-refractivity contribution is 0.116. The number of hydrogen-bond donors (Lipinski definition) is 1. The molecule has 0 saturated heterocycles. The van der Waals surface area contributed by atoms with E-state index in [9.17, 15) is 0 Å². The van der Waals surface area contributed by atoms with Crippen LogP contribution in [0.5, 0.6) is 0 Å². The lowest BCUT2D eigenvalue weighted by Gasteiger charge is -2.39. The molecular formula is C17H37N. The molecule has 0 aliphatic heterocycles. The maximum absolute atomic E-state index is 3.42. The summed E-state index contributed by atoms with van der Waals surface area (Å²) in [6.07, 6.45) is 3.97. The van der Waals surface area contributed by atoms with Gasteiger partial charge >= 0.3 is 0 Å². The molecule has 0 aromatic rings. The highest BCUT2D eigenvalue weighted by atomic mass is 14.9. The molecule has 0 aliphatic rings. The molecule has 1 N–H and O–H groups in total. The maximum atomic E-state index is 3.42. The summed E-state index contributed by atoms with van der Waals surface area (Å²) in [5, 5.41) is 3.42. The summed E-state index contributed by atoms with van der Waals surface area (Å²) < 4.78 is 0. The molecule has 0 rings (SSSR count). The van der Waals surface area contributed by atoms with Gasteiger partial charge in [0.05, 0.1) is 0 Å². The van der Waals surface area contributed by atoms with Crippen LogP contribution in [-0.2, 0) is 0 Å². The molecule has 0 saturated carbocycles. The Labute approximate surface area is 116 Å². The van der Waals surface area contributed by atoms with Gasteiger partial charge in [-0.3, -0.25) is 0 Å². The van der Waals surface area contributed by atoms with Crippen molar-refractivity contribution in [3.8, 4) is 0 Å². The van der Waals surface area contributed by atoms with Gasteiger partial charge in [0.2, 0.25) is 0 Å². The topological polar surface area (TPSA) is 12.0 Å². The fourth-order valence-corrected chi connectivity index (χ4v) is 3.60. The quantitative estimate of drug-likeness (QED) is 0.613. The maximum Gasteiger partial charge on any atom is 0.00640 e. The molecule has 1 heteroatoms. The minimum Gasteiger partial charge on any atom is -0.317 e. The zero-order valence-electron chi connectivity index (χ0n) is 14.1. The third kappa shape index (κ3) is 4.57. The van der Waals surface area contributed by atoms with Crippen molar-refractivity contribution in [1.29, 1.82) is 0 Å². The second-order valence-corrected chi connectivity index (χ2v) is 6.33. The molecule has 0 aromatic carbocycles. The first-order valence-corrected chi connectivity index (χ1v) is 8.11. The van der Waals surface area contributed by atoms with Crippen molar-refractivity contribution in [1.82, 2.24) is 5.32 Å². The SMILES string of the molecule is CCC(C)C(CC)C(CC)C(C)C(C)C(C)NC. The van der Waals surface area contributed by atoms with E-state index in [0.29, 0.717) is 6.04 Å². The third-order valence-corrected chi connectivity index (χ3v) is 5.62. The van der Waals surface area contributed by atoms with Crippen LogP contribution in [-0.4, -0.2) is 13.1 Å². The van der Waals surface area contributed by atoms with Crippen LogP contribution in [0.2, 0.25) is 0 Å². The van der Waals surface area contributed by atoms with Gasteiger partial charge in [0.15, 0.2) is 0 Å². The van der Waals surface area contributed by atoms with E-state index in [-0.39, 0.29) is 0 Å². The van der Waals surface area contributed by atoms with E-state index in [4.69, 9.17) is 0 Å². The Morgan fingerprint density at radius 3 is 1.56 bits per heavy atom. The average molecular weight is 255 g/mol. The van der Waals surface area contributed by atoms with Crippen molar-refractivity contribution in [3.05, 3.63) is 0 Å². The molecule has 0 bridgehead atoms. The first-order chi connectivity index (χ1) is 8.44. The Morgan fingerprint density at radius 1 is 0.722 bits per heavy atom. The molecule has 0 heterocycles. The van der Waals surface area contributed by atoms with E-state index in [1.165, 1.54) is 19.3 Å². The first kappa shape index (κ1) is 18.0. The molecule has 6 unspecified atom stereocenters. The first-order valence-electron chi connectivity index (χ1n) is 8.11. The fourth-order valence-electron chi connectivity index (χ4n) is 3.60. The Bertz CT molecular complexity index is 202. The van der Waals surface area contributed by atoms with Crippen LogP contribution in [0.1, 0.15) is 67.7 Å². The predicted molar refractivity (Wildman–Crippen MR) is 83.9 cm³/mol. The second kappa shape index (κ2) is 8.96. The van der Waals surface area contributed by atoms with Gasteiger partial charge in [-0.15, -0.1) is 0 Å². The summed E-state index contributed by atoms with van der Waals surface area (Å²) in [4.78, 5) is 0. The molecule has 0 amide bonds. The Kier molecular flexibility index (Phi) is 8.94. The van der Waals surface area contributed by atoms with E-state index in [1.54, 1.807) is 0 Å². The van der Waals surface area contributed by atoms with Gasteiger partial charge < -0.3 is 5.32 Å². The third-order valence-electron chi connectivity index (χ3n) is 5.62. The largest absolute Gasteiger partial charge is 0.317 e. The molecule has 1 nitrogen and oxygen atoms in total. The van der Waals surface area contributed by atoms with Gasteiger partial charge in [-0.05, 0) is 43.6 Å². The predicted octanol–water partition coefficient (Wildman–Crippen LogP) is 4.97. The van der Waals surface area contributed by atoms with E-state index in [2.05, 4.69) is 60.8 Å². The highest BCUT2D eigenvalue weighted by Gasteiger charge is 2.31. The van der Waals surface area contributed by atoms with Gasteiger partial charge in [0, 0.05) is 6.04 Å². The fraction of sp³-hybridized carbons (Fsp3) is 1.00. The number of hydrogen-bond acceptors (Lipinski definition) is 1. The van der Waals surface area contributed by atoms with E-state index in [0.717, 1.165) is 29.6 Å².